The Balaban J connectivity index is 1.44. The molecule has 8 heteroatoms. The number of nitrogens with zero attached hydrogens (tertiary/aromatic N) is 5. The van der Waals surface area contributed by atoms with Crippen LogP contribution in [0.2, 0.25) is 0 Å². The number of rotatable bonds is 6. The van der Waals surface area contributed by atoms with Gasteiger partial charge in [-0.15, -0.1) is 0 Å². The van der Waals surface area contributed by atoms with Gasteiger partial charge >= 0.3 is 0 Å². The highest BCUT2D eigenvalue weighted by atomic mass is 15.2. The van der Waals surface area contributed by atoms with Crippen LogP contribution >= 0.6 is 0 Å². The Hall–Kier alpha value is -4.43. The molecule has 0 fully saturated rings. The third-order valence-electron chi connectivity index (χ3n) is 5.85. The van der Waals surface area contributed by atoms with Crippen molar-refractivity contribution in [2.75, 3.05) is 6.54 Å². The number of pyridine rings is 3. The Morgan fingerprint density at radius 2 is 1.79 bits per heavy atom. The van der Waals surface area contributed by atoms with Crippen LogP contribution in [0.1, 0.15) is 12.5 Å². The second-order valence-electron chi connectivity index (χ2n) is 8.08. The van der Waals surface area contributed by atoms with Crippen LogP contribution in [0.25, 0.3) is 55.8 Å². The zero-order valence-corrected chi connectivity index (χ0v) is 18.6. The molecule has 1 aromatic carbocycles. The van der Waals surface area contributed by atoms with Crippen LogP contribution in [0.4, 0.5) is 0 Å². The van der Waals surface area contributed by atoms with Crippen LogP contribution < -0.4 is 5.32 Å². The quantitative estimate of drug-likeness (QED) is 0.341. The SMILES string of the molecule is CCNCc1cncc(-c2cnc3[nH]nc(-c4nc5c(-c6ccncc6)cccc5[nH]4)c3c2)c1. The fraction of sp³-hybridized carbons (Fsp3) is 0.115. The number of benzene rings is 1. The maximum absolute atomic E-state index is 4.93. The Morgan fingerprint density at radius 1 is 0.912 bits per heavy atom. The standard InChI is InChI=1S/C26H22N8/c1-2-27-12-16-10-18(14-29-13-16)19-11-21-24(33-34-25(21)30-15-19)26-31-22-5-3-4-20(23(22)32-26)17-6-8-28-9-7-17/h3-11,13-15,27H,2,12H2,1H3,(H,31,32)(H,30,33,34). The average molecular weight is 447 g/mol. The first-order chi connectivity index (χ1) is 16.8. The lowest BCUT2D eigenvalue weighted by Gasteiger charge is -2.05. The normalized spacial score (nSPS) is 11.4. The van der Waals surface area contributed by atoms with E-state index in [9.17, 15) is 0 Å². The third-order valence-corrected chi connectivity index (χ3v) is 5.85. The molecule has 0 saturated heterocycles. The van der Waals surface area contributed by atoms with E-state index in [-0.39, 0.29) is 0 Å². The van der Waals surface area contributed by atoms with Gasteiger partial charge in [-0.05, 0) is 48.0 Å². The first-order valence-corrected chi connectivity index (χ1v) is 11.2. The van der Waals surface area contributed by atoms with Crippen molar-refractivity contribution in [1.82, 2.24) is 40.4 Å². The molecule has 166 valence electrons. The van der Waals surface area contributed by atoms with Gasteiger partial charge in [-0.3, -0.25) is 15.1 Å². The number of fused-ring (bicyclic) bond motifs is 2. The minimum Gasteiger partial charge on any atom is -0.337 e. The number of imidazole rings is 1. The molecule has 0 radical (unpaired) electrons. The van der Waals surface area contributed by atoms with Crippen LogP contribution in [0.5, 0.6) is 0 Å². The number of aromatic amines is 2. The van der Waals surface area contributed by atoms with Crippen molar-refractivity contribution in [2.45, 2.75) is 13.5 Å². The molecule has 0 spiro atoms. The predicted molar refractivity (Wildman–Crippen MR) is 133 cm³/mol. The second-order valence-corrected chi connectivity index (χ2v) is 8.08. The molecular formula is C26H22N8. The van der Waals surface area contributed by atoms with Crippen LogP contribution in [0.15, 0.2) is 73.4 Å². The molecule has 34 heavy (non-hydrogen) atoms. The zero-order valence-electron chi connectivity index (χ0n) is 18.6. The van der Waals surface area contributed by atoms with Gasteiger partial charge in [-0.1, -0.05) is 19.1 Å². The molecule has 0 aliphatic carbocycles. The van der Waals surface area contributed by atoms with Gasteiger partial charge in [0, 0.05) is 54.2 Å². The summed E-state index contributed by atoms with van der Waals surface area (Å²) < 4.78 is 0. The number of nitrogens with one attached hydrogen (secondary N) is 3. The molecule has 0 aliphatic heterocycles. The monoisotopic (exact) mass is 446 g/mol. The largest absolute Gasteiger partial charge is 0.337 e. The number of hydrogen-bond acceptors (Lipinski definition) is 6. The molecular weight excluding hydrogens is 424 g/mol. The Bertz CT molecular complexity index is 1600. The fourth-order valence-corrected chi connectivity index (χ4v) is 4.16. The summed E-state index contributed by atoms with van der Waals surface area (Å²) in [5, 5.41) is 11.8. The van der Waals surface area contributed by atoms with Gasteiger partial charge < -0.3 is 10.3 Å². The fourth-order valence-electron chi connectivity index (χ4n) is 4.16. The minimum atomic E-state index is 0.695. The Morgan fingerprint density at radius 3 is 2.68 bits per heavy atom. The average Bonchev–Trinajstić information content (AvgIpc) is 3.51. The van der Waals surface area contributed by atoms with E-state index in [1.54, 1.807) is 12.4 Å². The van der Waals surface area contributed by atoms with E-state index in [0.717, 1.165) is 63.0 Å². The van der Waals surface area contributed by atoms with Gasteiger partial charge in [0.2, 0.25) is 0 Å². The summed E-state index contributed by atoms with van der Waals surface area (Å²) >= 11 is 0. The van der Waals surface area contributed by atoms with Crippen LogP contribution in [0.3, 0.4) is 0 Å². The summed E-state index contributed by atoms with van der Waals surface area (Å²) in [4.78, 5) is 21.5. The molecule has 6 aromatic rings. The molecule has 8 nitrogen and oxygen atoms in total. The lowest BCUT2D eigenvalue weighted by atomic mass is 10.1. The van der Waals surface area contributed by atoms with Crippen molar-refractivity contribution in [3.63, 3.8) is 0 Å². The number of hydrogen-bond donors (Lipinski definition) is 3. The van der Waals surface area contributed by atoms with Gasteiger partial charge in [0.15, 0.2) is 11.5 Å². The van der Waals surface area contributed by atoms with Gasteiger partial charge in [-0.2, -0.15) is 5.10 Å². The van der Waals surface area contributed by atoms with E-state index in [1.807, 2.05) is 42.9 Å². The molecule has 5 aromatic heterocycles. The van der Waals surface area contributed by atoms with Gasteiger partial charge in [0.25, 0.3) is 0 Å². The van der Waals surface area contributed by atoms with Gasteiger partial charge in [-0.25, -0.2) is 9.97 Å². The highest BCUT2D eigenvalue weighted by molar-refractivity contribution is 5.97. The van der Waals surface area contributed by atoms with Crippen molar-refractivity contribution in [3.8, 4) is 33.8 Å². The number of para-hydroxylation sites is 1. The summed E-state index contributed by atoms with van der Waals surface area (Å²) in [5.41, 5.74) is 8.53. The smallest absolute Gasteiger partial charge is 0.159 e. The van der Waals surface area contributed by atoms with Crippen LogP contribution in [-0.4, -0.2) is 41.7 Å². The predicted octanol–water partition coefficient (Wildman–Crippen LogP) is 4.73. The zero-order chi connectivity index (χ0) is 22.9. The molecule has 0 bridgehead atoms. The number of aromatic nitrogens is 7. The molecule has 5 heterocycles. The summed E-state index contributed by atoms with van der Waals surface area (Å²) in [6, 6.07) is 14.3. The maximum atomic E-state index is 4.93. The highest BCUT2D eigenvalue weighted by Crippen LogP contribution is 2.32. The minimum absolute atomic E-state index is 0.695. The van der Waals surface area contributed by atoms with E-state index >= 15 is 0 Å². The lowest BCUT2D eigenvalue weighted by molar-refractivity contribution is 0.724. The third kappa shape index (κ3) is 3.60. The van der Waals surface area contributed by atoms with Gasteiger partial charge in [0.1, 0.15) is 5.69 Å². The van der Waals surface area contributed by atoms with E-state index in [1.165, 1.54) is 0 Å². The van der Waals surface area contributed by atoms with Crippen molar-refractivity contribution in [1.29, 1.82) is 0 Å². The molecule has 0 unspecified atom stereocenters. The second kappa shape index (κ2) is 8.49. The summed E-state index contributed by atoms with van der Waals surface area (Å²) in [6.45, 7) is 3.78. The van der Waals surface area contributed by atoms with Crippen LogP contribution in [-0.2, 0) is 6.54 Å². The Labute approximate surface area is 195 Å². The van der Waals surface area contributed by atoms with Crippen LogP contribution in [0, 0.1) is 0 Å². The Kier molecular flexibility index (Phi) is 5.04. The summed E-state index contributed by atoms with van der Waals surface area (Å²) in [7, 11) is 0. The molecule has 0 atom stereocenters. The van der Waals surface area contributed by atoms with Crippen molar-refractivity contribution in [3.05, 3.63) is 79.0 Å². The van der Waals surface area contributed by atoms with E-state index in [0.29, 0.717) is 11.5 Å². The summed E-state index contributed by atoms with van der Waals surface area (Å²) in [5.74, 6) is 0.695. The van der Waals surface area contributed by atoms with Crippen molar-refractivity contribution < 1.29 is 0 Å². The lowest BCUT2D eigenvalue weighted by Crippen LogP contribution is -2.11. The topological polar surface area (TPSA) is 108 Å². The molecule has 0 saturated carbocycles. The number of H-pyrrole nitrogens is 2. The maximum Gasteiger partial charge on any atom is 0.159 e. The molecule has 0 amide bonds. The molecule has 6 rings (SSSR count). The highest BCUT2D eigenvalue weighted by Gasteiger charge is 2.16. The van der Waals surface area contributed by atoms with E-state index < -0.39 is 0 Å². The summed E-state index contributed by atoms with van der Waals surface area (Å²) in [6.07, 6.45) is 9.17. The van der Waals surface area contributed by atoms with E-state index in [2.05, 4.69) is 60.6 Å². The van der Waals surface area contributed by atoms with Crippen molar-refractivity contribution in [2.24, 2.45) is 0 Å². The van der Waals surface area contributed by atoms with Crippen molar-refractivity contribution >= 4 is 22.1 Å². The van der Waals surface area contributed by atoms with E-state index in [4.69, 9.17) is 4.98 Å². The first-order valence-electron chi connectivity index (χ1n) is 11.2. The molecule has 0 aliphatic rings. The first kappa shape index (κ1) is 20.2. The molecule has 3 N–H and O–H groups in total. The van der Waals surface area contributed by atoms with Gasteiger partial charge in [0.05, 0.1) is 16.4 Å².